The van der Waals surface area contributed by atoms with E-state index < -0.39 is 5.97 Å². The Balaban J connectivity index is 2.09. The molecule has 0 fully saturated rings. The van der Waals surface area contributed by atoms with E-state index in [4.69, 9.17) is 10.5 Å². The zero-order chi connectivity index (χ0) is 18.7. The van der Waals surface area contributed by atoms with Gasteiger partial charge in [0.1, 0.15) is 9.71 Å². The lowest BCUT2D eigenvalue weighted by Crippen LogP contribution is -2.13. The summed E-state index contributed by atoms with van der Waals surface area (Å²) in [5.74, 6) is -0.180. The first kappa shape index (κ1) is 19.1. The van der Waals surface area contributed by atoms with Crippen LogP contribution < -0.4 is 5.73 Å². The number of nitrogens with two attached hydrogens (primary N) is 1. The number of nitrogen functional groups attached to an aromatic ring is 1. The molecule has 136 valence electrons. The molecule has 0 amide bonds. The Bertz CT molecular complexity index is 931. The van der Waals surface area contributed by atoms with Crippen LogP contribution in [0.15, 0.2) is 35.5 Å². The van der Waals surface area contributed by atoms with E-state index in [2.05, 4.69) is 25.9 Å². The van der Waals surface area contributed by atoms with E-state index in [-0.39, 0.29) is 5.92 Å². The highest BCUT2D eigenvalue weighted by Gasteiger charge is 2.23. The molecule has 1 aromatic carbocycles. The Morgan fingerprint density at radius 1 is 1.35 bits per heavy atom. The maximum Gasteiger partial charge on any atom is 0.350 e. The Hall–Kier alpha value is -1.64. The fraction of sp³-hybridized carbons (Fsp3) is 0.278. The second-order valence-corrected chi connectivity index (χ2v) is 8.23. The molecule has 0 aliphatic rings. The van der Waals surface area contributed by atoms with Crippen LogP contribution in [0.25, 0.3) is 21.5 Å². The number of ether oxygens (including phenoxy) is 1. The molecule has 0 aliphatic heterocycles. The molecule has 3 rings (SSSR count). The number of anilines is 1. The summed E-state index contributed by atoms with van der Waals surface area (Å²) in [6.07, 6.45) is 1.92. The maximum atomic E-state index is 12.5. The normalized spacial score (nSPS) is 12.3. The van der Waals surface area contributed by atoms with E-state index in [1.165, 1.54) is 23.1 Å². The van der Waals surface area contributed by atoms with Crippen molar-refractivity contribution in [1.29, 1.82) is 0 Å². The number of fused-ring (bicyclic) bond motifs is 1. The zero-order valence-corrected chi connectivity index (χ0v) is 17.6. The van der Waals surface area contributed by atoms with Crippen LogP contribution in [0.1, 0.15) is 16.6 Å². The molecule has 2 aromatic heterocycles. The van der Waals surface area contributed by atoms with Crippen LogP contribution >= 0.6 is 39.0 Å². The highest BCUT2D eigenvalue weighted by molar-refractivity contribution is 9.09. The monoisotopic (exact) mass is 451 g/mol. The Kier molecular flexibility index (Phi) is 6.16. The van der Waals surface area contributed by atoms with Crippen molar-refractivity contribution in [3.8, 4) is 11.3 Å². The van der Waals surface area contributed by atoms with Crippen LogP contribution in [0.2, 0.25) is 0 Å². The molecule has 0 spiro atoms. The molecule has 0 saturated carbocycles. The van der Waals surface area contributed by atoms with Crippen molar-refractivity contribution in [3.63, 3.8) is 0 Å². The molecule has 1 atom stereocenters. The summed E-state index contributed by atoms with van der Waals surface area (Å²) in [5, 5.41) is 2.12. The number of benzene rings is 1. The topological polar surface area (TPSA) is 78.1 Å². The quantitative estimate of drug-likeness (QED) is 0.249. The van der Waals surface area contributed by atoms with E-state index in [0.29, 0.717) is 32.5 Å². The standard InChI is InChI=1S/C18H18BrN3O2S2/c1-10(8-19)9-24-17(23)15-13(20)12-14(11-6-4-3-5-7-11)21-18(25-2)22-16(12)26-15/h3-7,10H,8-9,20H2,1-2H3/t10-/m0/s1. The van der Waals surface area contributed by atoms with Crippen molar-refractivity contribution in [2.75, 3.05) is 23.9 Å². The number of hydrogen-bond donors (Lipinski definition) is 1. The zero-order valence-electron chi connectivity index (χ0n) is 14.4. The summed E-state index contributed by atoms with van der Waals surface area (Å²) in [6, 6.07) is 9.78. The van der Waals surface area contributed by atoms with Gasteiger partial charge in [0.15, 0.2) is 5.16 Å². The van der Waals surface area contributed by atoms with Gasteiger partial charge in [-0.1, -0.05) is 64.9 Å². The number of esters is 1. The SMILES string of the molecule is CSc1nc(-c2ccccc2)c2c(N)c(C(=O)OC[C@@H](C)CBr)sc2n1. The predicted molar refractivity (Wildman–Crippen MR) is 112 cm³/mol. The molecular weight excluding hydrogens is 434 g/mol. The fourth-order valence-electron chi connectivity index (χ4n) is 2.38. The Morgan fingerprint density at radius 3 is 2.73 bits per heavy atom. The summed E-state index contributed by atoms with van der Waals surface area (Å²) < 4.78 is 5.40. The van der Waals surface area contributed by atoms with Crippen molar-refractivity contribution >= 4 is 60.9 Å². The van der Waals surface area contributed by atoms with E-state index in [0.717, 1.165) is 16.6 Å². The van der Waals surface area contributed by atoms with Gasteiger partial charge in [-0.2, -0.15) is 0 Å². The minimum absolute atomic E-state index is 0.234. The number of carbonyl (C=O) groups is 1. The number of thiophene rings is 1. The van der Waals surface area contributed by atoms with Crippen LogP contribution in [-0.2, 0) is 4.74 Å². The summed E-state index contributed by atoms with van der Waals surface area (Å²) in [6.45, 7) is 2.34. The van der Waals surface area contributed by atoms with E-state index in [9.17, 15) is 4.79 Å². The molecule has 0 aliphatic carbocycles. The molecule has 2 heterocycles. The van der Waals surface area contributed by atoms with Gasteiger partial charge in [-0.3, -0.25) is 0 Å². The predicted octanol–water partition coefficient (Wildman–Crippen LogP) is 4.85. The van der Waals surface area contributed by atoms with Gasteiger partial charge in [0.2, 0.25) is 0 Å². The molecule has 2 N–H and O–H groups in total. The summed E-state index contributed by atoms with van der Waals surface area (Å²) in [5.41, 5.74) is 8.38. The molecule has 0 radical (unpaired) electrons. The van der Waals surface area contributed by atoms with Crippen molar-refractivity contribution < 1.29 is 9.53 Å². The van der Waals surface area contributed by atoms with Crippen molar-refractivity contribution in [1.82, 2.24) is 9.97 Å². The number of aromatic nitrogens is 2. The molecule has 8 heteroatoms. The summed E-state index contributed by atoms with van der Waals surface area (Å²) >= 11 is 6.09. The van der Waals surface area contributed by atoms with Crippen LogP contribution in [0.5, 0.6) is 0 Å². The smallest absolute Gasteiger partial charge is 0.350 e. The first-order valence-corrected chi connectivity index (χ1v) is 11.1. The highest BCUT2D eigenvalue weighted by Crippen LogP contribution is 2.39. The Morgan fingerprint density at radius 2 is 2.08 bits per heavy atom. The van der Waals surface area contributed by atoms with E-state index >= 15 is 0 Å². The second kappa shape index (κ2) is 8.37. The number of nitrogens with zero attached hydrogens (tertiary/aromatic N) is 2. The number of carbonyl (C=O) groups excluding carboxylic acids is 1. The fourth-order valence-corrected chi connectivity index (χ4v) is 3.98. The number of thioether (sulfide) groups is 1. The average Bonchev–Trinajstić information content (AvgIpc) is 3.02. The number of rotatable bonds is 6. The van der Waals surface area contributed by atoms with E-state index in [1.54, 1.807) is 0 Å². The minimum Gasteiger partial charge on any atom is -0.461 e. The third-order valence-electron chi connectivity index (χ3n) is 3.75. The summed E-state index contributed by atoms with van der Waals surface area (Å²) in [4.78, 5) is 22.7. The van der Waals surface area contributed by atoms with Gasteiger partial charge in [0, 0.05) is 10.9 Å². The van der Waals surface area contributed by atoms with E-state index in [1.807, 2.05) is 43.5 Å². The first-order valence-electron chi connectivity index (χ1n) is 7.97. The van der Waals surface area contributed by atoms with Crippen molar-refractivity contribution in [2.24, 2.45) is 5.92 Å². The van der Waals surface area contributed by atoms with Crippen molar-refractivity contribution in [2.45, 2.75) is 12.1 Å². The average molecular weight is 452 g/mol. The van der Waals surface area contributed by atoms with Crippen molar-refractivity contribution in [3.05, 3.63) is 35.2 Å². The first-order chi connectivity index (χ1) is 12.5. The van der Waals surface area contributed by atoms with Crippen LogP contribution in [0.3, 0.4) is 0 Å². The molecule has 26 heavy (non-hydrogen) atoms. The lowest BCUT2D eigenvalue weighted by Gasteiger charge is -2.08. The minimum atomic E-state index is -0.414. The van der Waals surface area contributed by atoms with Crippen LogP contribution in [0, 0.1) is 5.92 Å². The molecule has 0 bridgehead atoms. The lowest BCUT2D eigenvalue weighted by molar-refractivity contribution is 0.0469. The molecular formula is C18H18BrN3O2S2. The lowest BCUT2D eigenvalue weighted by atomic mass is 10.1. The third kappa shape index (κ3) is 3.87. The molecule has 3 aromatic rings. The molecule has 5 nitrogen and oxygen atoms in total. The second-order valence-electron chi connectivity index (χ2n) is 5.81. The van der Waals surface area contributed by atoms with Crippen LogP contribution in [0.4, 0.5) is 5.69 Å². The van der Waals surface area contributed by atoms with Gasteiger partial charge >= 0.3 is 5.97 Å². The number of alkyl halides is 1. The number of hydrogen-bond acceptors (Lipinski definition) is 7. The van der Waals surface area contributed by atoms with Gasteiger partial charge in [0.05, 0.1) is 23.4 Å². The van der Waals surface area contributed by atoms with Gasteiger partial charge in [0.25, 0.3) is 0 Å². The van der Waals surface area contributed by atoms with Crippen LogP contribution in [-0.4, -0.2) is 34.1 Å². The van der Waals surface area contributed by atoms with Gasteiger partial charge in [-0.25, -0.2) is 14.8 Å². The highest BCUT2D eigenvalue weighted by atomic mass is 79.9. The number of halogens is 1. The third-order valence-corrected chi connectivity index (χ3v) is 6.48. The van der Waals surface area contributed by atoms with Gasteiger partial charge in [-0.15, -0.1) is 11.3 Å². The largest absolute Gasteiger partial charge is 0.461 e. The molecule has 0 unspecified atom stereocenters. The maximum absolute atomic E-state index is 12.5. The summed E-state index contributed by atoms with van der Waals surface area (Å²) in [7, 11) is 0. The van der Waals surface area contributed by atoms with Gasteiger partial charge < -0.3 is 10.5 Å². The Labute approximate surface area is 168 Å². The molecule has 0 saturated heterocycles. The van der Waals surface area contributed by atoms with Gasteiger partial charge in [-0.05, 0) is 12.2 Å².